The largest absolute Gasteiger partial charge is 0.363 e. The molecule has 0 aliphatic rings. The molecule has 0 saturated carbocycles. The second-order valence-corrected chi connectivity index (χ2v) is 7.11. The van der Waals surface area contributed by atoms with Gasteiger partial charge in [-0.3, -0.25) is 9.78 Å². The van der Waals surface area contributed by atoms with Gasteiger partial charge in [0.15, 0.2) is 5.11 Å². The lowest BCUT2D eigenvalue weighted by Crippen LogP contribution is -2.39. The van der Waals surface area contributed by atoms with Crippen LogP contribution in [0.4, 0.5) is 0 Å². The van der Waals surface area contributed by atoms with Crippen LogP contribution in [0.1, 0.15) is 29.2 Å². The molecule has 3 aromatic rings. The van der Waals surface area contributed by atoms with E-state index in [1.807, 2.05) is 43.1 Å². The maximum atomic E-state index is 12.7. The average molecular weight is 381 g/mol. The zero-order chi connectivity index (χ0) is 19.4. The summed E-state index contributed by atoms with van der Waals surface area (Å²) in [5, 5.41) is 4.85. The second kappa shape index (κ2) is 8.31. The number of aromatic amines is 1. The number of nitrogens with one attached hydrogen (secondary N) is 2. The predicted octanol–water partition coefficient (Wildman–Crippen LogP) is 3.44. The first kappa shape index (κ1) is 19.0. The summed E-state index contributed by atoms with van der Waals surface area (Å²) in [5.74, 6) is 0. The van der Waals surface area contributed by atoms with E-state index in [4.69, 9.17) is 12.2 Å². The van der Waals surface area contributed by atoms with Crippen molar-refractivity contribution in [2.45, 2.75) is 33.9 Å². The molecule has 1 aromatic carbocycles. The highest BCUT2D eigenvalue weighted by atomic mass is 32.1. The molecule has 0 spiro atoms. The Morgan fingerprint density at radius 1 is 1.26 bits per heavy atom. The average Bonchev–Trinajstić information content (AvgIpc) is 2.63. The fourth-order valence-electron chi connectivity index (χ4n) is 3.23. The molecule has 0 unspecified atom stereocenters. The van der Waals surface area contributed by atoms with Gasteiger partial charge in [0, 0.05) is 31.0 Å². The fourth-order valence-corrected chi connectivity index (χ4v) is 3.50. The topological polar surface area (TPSA) is 61.0 Å². The Hall–Kier alpha value is -2.73. The molecular weight excluding hydrogens is 356 g/mol. The molecule has 2 N–H and O–H groups in total. The number of aromatic nitrogens is 2. The minimum absolute atomic E-state index is 0.0788. The lowest BCUT2D eigenvalue weighted by Gasteiger charge is -2.25. The van der Waals surface area contributed by atoms with Crippen molar-refractivity contribution in [1.82, 2.24) is 20.2 Å². The Morgan fingerprint density at radius 2 is 2.07 bits per heavy atom. The molecule has 27 heavy (non-hydrogen) atoms. The van der Waals surface area contributed by atoms with Gasteiger partial charge in [0.1, 0.15) is 0 Å². The monoisotopic (exact) mass is 380 g/mol. The van der Waals surface area contributed by atoms with Crippen molar-refractivity contribution in [3.8, 4) is 0 Å². The van der Waals surface area contributed by atoms with E-state index in [1.54, 1.807) is 6.20 Å². The number of aryl methyl sites for hydroxylation is 2. The first-order chi connectivity index (χ1) is 13.0. The zero-order valence-corrected chi connectivity index (χ0v) is 16.7. The molecule has 0 aliphatic heterocycles. The van der Waals surface area contributed by atoms with E-state index in [1.165, 1.54) is 5.56 Å². The molecule has 5 nitrogen and oxygen atoms in total. The van der Waals surface area contributed by atoms with Crippen LogP contribution in [0.3, 0.4) is 0 Å². The Kier molecular flexibility index (Phi) is 5.86. The first-order valence-corrected chi connectivity index (χ1v) is 9.43. The zero-order valence-electron chi connectivity index (χ0n) is 15.9. The van der Waals surface area contributed by atoms with Crippen molar-refractivity contribution in [2.24, 2.45) is 0 Å². The maximum absolute atomic E-state index is 12.7. The summed E-state index contributed by atoms with van der Waals surface area (Å²) in [6.07, 6.45) is 3.56. The van der Waals surface area contributed by atoms with Crippen molar-refractivity contribution < 1.29 is 0 Å². The summed E-state index contributed by atoms with van der Waals surface area (Å²) in [4.78, 5) is 21.9. The van der Waals surface area contributed by atoms with E-state index in [0.717, 1.165) is 28.6 Å². The van der Waals surface area contributed by atoms with Crippen LogP contribution in [0.5, 0.6) is 0 Å². The molecule has 0 atom stereocenters. The van der Waals surface area contributed by atoms with Crippen LogP contribution in [0.15, 0.2) is 47.5 Å². The quantitative estimate of drug-likeness (QED) is 0.664. The molecule has 0 aliphatic carbocycles. The van der Waals surface area contributed by atoms with Crippen LogP contribution in [-0.4, -0.2) is 26.5 Å². The van der Waals surface area contributed by atoms with Crippen LogP contribution in [0.25, 0.3) is 10.9 Å². The van der Waals surface area contributed by atoms with Crippen LogP contribution in [-0.2, 0) is 13.1 Å². The number of pyridine rings is 2. The summed E-state index contributed by atoms with van der Waals surface area (Å²) in [5.41, 5.74) is 4.79. The first-order valence-electron chi connectivity index (χ1n) is 9.02. The summed E-state index contributed by atoms with van der Waals surface area (Å²) in [7, 11) is 0. The fraction of sp³-hybridized carbons (Fsp3) is 0.286. The molecule has 0 radical (unpaired) electrons. The third-order valence-electron chi connectivity index (χ3n) is 4.44. The van der Waals surface area contributed by atoms with Gasteiger partial charge in [-0.25, -0.2) is 0 Å². The number of thiocarbonyl (C=S) groups is 1. The molecule has 6 heteroatoms. The lowest BCUT2D eigenvalue weighted by atomic mass is 10.1. The molecule has 0 bridgehead atoms. The molecule has 140 valence electrons. The van der Waals surface area contributed by atoms with E-state index in [0.29, 0.717) is 23.8 Å². The number of hydrogen-bond donors (Lipinski definition) is 2. The van der Waals surface area contributed by atoms with E-state index in [2.05, 4.69) is 34.3 Å². The van der Waals surface area contributed by atoms with Gasteiger partial charge in [-0.05, 0) is 67.7 Å². The smallest absolute Gasteiger partial charge is 0.253 e. The highest BCUT2D eigenvalue weighted by molar-refractivity contribution is 7.80. The molecule has 2 aromatic heterocycles. The van der Waals surface area contributed by atoms with Crippen molar-refractivity contribution in [3.05, 3.63) is 75.3 Å². The van der Waals surface area contributed by atoms with Gasteiger partial charge in [0.05, 0.1) is 12.1 Å². The SMILES string of the molecule is CCNC(=S)N(Cc1cccnc1)Cc1cc2cc(C)cc(C)c2[nH]c1=O. The second-order valence-electron chi connectivity index (χ2n) is 6.72. The Labute approximate surface area is 164 Å². The molecule has 3 rings (SSSR count). The van der Waals surface area contributed by atoms with E-state index in [9.17, 15) is 4.79 Å². The van der Waals surface area contributed by atoms with Gasteiger partial charge in [-0.1, -0.05) is 17.7 Å². The number of H-pyrrole nitrogens is 1. The third-order valence-corrected chi connectivity index (χ3v) is 4.85. The highest BCUT2D eigenvalue weighted by Gasteiger charge is 2.14. The molecule has 0 amide bonds. The Balaban J connectivity index is 1.96. The maximum Gasteiger partial charge on any atom is 0.253 e. The molecular formula is C21H24N4OS. The van der Waals surface area contributed by atoms with Gasteiger partial charge in [-0.2, -0.15) is 0 Å². The number of benzene rings is 1. The van der Waals surface area contributed by atoms with E-state index >= 15 is 0 Å². The molecule has 0 fully saturated rings. The Bertz CT molecular complexity index is 1010. The van der Waals surface area contributed by atoms with Crippen LogP contribution >= 0.6 is 12.2 Å². The van der Waals surface area contributed by atoms with Gasteiger partial charge in [0.25, 0.3) is 5.56 Å². The number of fused-ring (bicyclic) bond motifs is 1. The summed E-state index contributed by atoms with van der Waals surface area (Å²) >= 11 is 5.54. The Morgan fingerprint density at radius 3 is 2.78 bits per heavy atom. The number of hydrogen-bond acceptors (Lipinski definition) is 3. The minimum atomic E-state index is -0.0788. The summed E-state index contributed by atoms with van der Waals surface area (Å²) < 4.78 is 0. The van der Waals surface area contributed by atoms with E-state index in [-0.39, 0.29) is 5.56 Å². The lowest BCUT2D eigenvalue weighted by molar-refractivity contribution is 0.398. The standard InChI is InChI=1S/C21H24N4OS/c1-4-23-21(27)25(12-16-6-5-7-22-11-16)13-18-10-17-9-14(2)8-15(3)19(17)24-20(18)26/h5-11H,4,12-13H2,1-3H3,(H,23,27)(H,24,26). The normalized spacial score (nSPS) is 10.8. The van der Waals surface area contributed by atoms with Crippen molar-refractivity contribution in [3.63, 3.8) is 0 Å². The summed E-state index contributed by atoms with van der Waals surface area (Å²) in [6.45, 7) is 7.83. The minimum Gasteiger partial charge on any atom is -0.363 e. The van der Waals surface area contributed by atoms with Crippen molar-refractivity contribution >= 4 is 28.2 Å². The van der Waals surface area contributed by atoms with Gasteiger partial charge >= 0.3 is 0 Å². The summed E-state index contributed by atoms with van der Waals surface area (Å²) in [6, 6.07) is 10.0. The number of rotatable bonds is 5. The van der Waals surface area contributed by atoms with Gasteiger partial charge in [0.2, 0.25) is 0 Å². The van der Waals surface area contributed by atoms with Crippen LogP contribution < -0.4 is 10.9 Å². The van der Waals surface area contributed by atoms with Gasteiger partial charge in [-0.15, -0.1) is 0 Å². The molecule has 0 saturated heterocycles. The van der Waals surface area contributed by atoms with Gasteiger partial charge < -0.3 is 15.2 Å². The highest BCUT2D eigenvalue weighted by Crippen LogP contribution is 2.19. The van der Waals surface area contributed by atoms with Crippen molar-refractivity contribution in [1.29, 1.82) is 0 Å². The van der Waals surface area contributed by atoms with Crippen LogP contribution in [0, 0.1) is 13.8 Å². The third kappa shape index (κ3) is 4.52. The molecule has 2 heterocycles. The van der Waals surface area contributed by atoms with Crippen LogP contribution in [0.2, 0.25) is 0 Å². The predicted molar refractivity (Wildman–Crippen MR) is 114 cm³/mol. The van der Waals surface area contributed by atoms with Crippen molar-refractivity contribution in [2.75, 3.05) is 6.54 Å². The van der Waals surface area contributed by atoms with E-state index < -0.39 is 0 Å². The number of nitrogens with zero attached hydrogens (tertiary/aromatic N) is 2.